The molecule has 0 bridgehead atoms. The number of halogens is 1. The average molecular weight is 314 g/mol. The number of nitrogens with one attached hydrogen (secondary N) is 1. The van der Waals surface area contributed by atoms with Crippen LogP contribution in [0.15, 0.2) is 42.6 Å². The molecule has 0 saturated carbocycles. The van der Waals surface area contributed by atoms with E-state index in [1.807, 2.05) is 6.07 Å². The molecule has 1 aromatic heterocycles. The summed E-state index contributed by atoms with van der Waals surface area (Å²) in [6.45, 7) is 3.88. The molecule has 6 heteroatoms. The van der Waals surface area contributed by atoms with Crippen LogP contribution in [0.3, 0.4) is 0 Å². The smallest absolute Gasteiger partial charge is 0.258 e. The lowest BCUT2D eigenvalue weighted by Crippen LogP contribution is -2.44. The number of hydrogen-bond acceptors (Lipinski definition) is 4. The Labute approximate surface area is 134 Å². The summed E-state index contributed by atoms with van der Waals surface area (Å²) < 4.78 is 13.6. The van der Waals surface area contributed by atoms with Crippen molar-refractivity contribution in [3.8, 4) is 0 Å². The number of carbonyl (C=O) groups excluding carboxylic acids is 1. The summed E-state index contributed by atoms with van der Waals surface area (Å²) >= 11 is 0. The predicted octanol–water partition coefficient (Wildman–Crippen LogP) is 2.22. The Morgan fingerprint density at radius 3 is 2.52 bits per heavy atom. The van der Waals surface area contributed by atoms with E-state index in [0.29, 0.717) is 5.69 Å². The van der Waals surface area contributed by atoms with Gasteiger partial charge in [-0.15, -0.1) is 0 Å². The summed E-state index contributed by atoms with van der Waals surface area (Å²) in [5.41, 5.74) is 0.576. The van der Waals surface area contributed by atoms with Crippen LogP contribution in [-0.4, -0.2) is 49.0 Å². The van der Waals surface area contributed by atoms with E-state index in [9.17, 15) is 9.18 Å². The highest BCUT2D eigenvalue weighted by Crippen LogP contribution is 2.17. The van der Waals surface area contributed by atoms with E-state index in [1.54, 1.807) is 24.4 Å². The zero-order chi connectivity index (χ0) is 16.2. The van der Waals surface area contributed by atoms with E-state index in [4.69, 9.17) is 0 Å². The van der Waals surface area contributed by atoms with Gasteiger partial charge in [-0.25, -0.2) is 9.37 Å². The number of hydrogen-bond donors (Lipinski definition) is 1. The number of carbonyl (C=O) groups is 1. The molecule has 1 aromatic carbocycles. The minimum absolute atomic E-state index is 0.0237. The average Bonchev–Trinajstić information content (AvgIpc) is 2.57. The molecule has 0 spiro atoms. The van der Waals surface area contributed by atoms with Gasteiger partial charge in [0.25, 0.3) is 5.91 Å². The van der Waals surface area contributed by atoms with Gasteiger partial charge < -0.3 is 15.1 Å². The molecule has 1 N–H and O–H groups in total. The van der Waals surface area contributed by atoms with Crippen molar-refractivity contribution in [2.45, 2.75) is 0 Å². The summed E-state index contributed by atoms with van der Waals surface area (Å²) in [6, 6.07) is 9.58. The number of amides is 1. The van der Waals surface area contributed by atoms with Crippen LogP contribution in [0, 0.1) is 5.82 Å². The number of anilines is 2. The number of rotatable bonds is 3. The number of likely N-dealkylation sites (N-methyl/N-ethyl adjacent to an activating group) is 1. The highest BCUT2D eigenvalue weighted by molar-refractivity contribution is 6.04. The largest absolute Gasteiger partial charge is 0.354 e. The summed E-state index contributed by atoms with van der Waals surface area (Å²) in [5.74, 6) is -0.119. The normalized spacial score (nSPS) is 15.5. The molecule has 23 heavy (non-hydrogen) atoms. The topological polar surface area (TPSA) is 48.5 Å². The zero-order valence-electron chi connectivity index (χ0n) is 13.0. The van der Waals surface area contributed by atoms with Crippen molar-refractivity contribution in [1.82, 2.24) is 9.88 Å². The third-order valence-corrected chi connectivity index (χ3v) is 3.95. The zero-order valence-corrected chi connectivity index (χ0v) is 13.0. The van der Waals surface area contributed by atoms with Crippen LogP contribution in [0.2, 0.25) is 0 Å². The van der Waals surface area contributed by atoms with Gasteiger partial charge in [-0.05, 0) is 31.3 Å². The van der Waals surface area contributed by atoms with Gasteiger partial charge in [0.15, 0.2) is 0 Å². The monoisotopic (exact) mass is 314 g/mol. The molecular weight excluding hydrogens is 295 g/mol. The van der Waals surface area contributed by atoms with Crippen molar-refractivity contribution >= 4 is 17.4 Å². The molecular formula is C17H19FN4O. The van der Waals surface area contributed by atoms with E-state index in [0.717, 1.165) is 32.0 Å². The number of piperazine rings is 1. The van der Waals surface area contributed by atoms with Crippen LogP contribution >= 0.6 is 0 Å². The summed E-state index contributed by atoms with van der Waals surface area (Å²) in [6.07, 6.45) is 1.60. The van der Waals surface area contributed by atoms with Crippen LogP contribution in [0.25, 0.3) is 0 Å². The standard InChI is InChI=1S/C17H19FN4O/c1-21-8-10-22(11-9-21)16-7-6-13(12-19-16)20-17(23)14-4-2-3-5-15(14)18/h2-7,12H,8-11H2,1H3,(H,20,23). The minimum Gasteiger partial charge on any atom is -0.354 e. The first-order chi connectivity index (χ1) is 11.1. The molecule has 0 radical (unpaired) electrons. The molecule has 3 rings (SSSR count). The predicted molar refractivity (Wildman–Crippen MR) is 88.3 cm³/mol. The SMILES string of the molecule is CN1CCN(c2ccc(NC(=O)c3ccccc3F)cn2)CC1. The highest BCUT2D eigenvalue weighted by Gasteiger charge is 2.15. The number of pyridine rings is 1. The number of aromatic nitrogens is 1. The Kier molecular flexibility index (Phi) is 4.52. The number of benzene rings is 1. The number of nitrogens with zero attached hydrogens (tertiary/aromatic N) is 3. The minimum atomic E-state index is -0.535. The molecule has 2 aromatic rings. The Morgan fingerprint density at radius 1 is 1.13 bits per heavy atom. The molecule has 120 valence electrons. The van der Waals surface area contributed by atoms with Crippen LogP contribution in [0.1, 0.15) is 10.4 Å². The van der Waals surface area contributed by atoms with Gasteiger partial charge in [-0.2, -0.15) is 0 Å². The summed E-state index contributed by atoms with van der Waals surface area (Å²) in [5, 5.41) is 2.67. The Morgan fingerprint density at radius 2 is 1.87 bits per heavy atom. The fraction of sp³-hybridized carbons (Fsp3) is 0.294. The van der Waals surface area contributed by atoms with Gasteiger partial charge in [0.05, 0.1) is 17.4 Å². The quantitative estimate of drug-likeness (QED) is 0.944. The van der Waals surface area contributed by atoms with Crippen molar-refractivity contribution in [2.24, 2.45) is 0 Å². The van der Waals surface area contributed by atoms with Gasteiger partial charge in [0.1, 0.15) is 11.6 Å². The summed E-state index contributed by atoms with van der Waals surface area (Å²) in [4.78, 5) is 20.9. The maximum absolute atomic E-state index is 13.6. The molecule has 1 fully saturated rings. The Balaban J connectivity index is 1.66. The maximum atomic E-state index is 13.6. The van der Waals surface area contributed by atoms with E-state index in [2.05, 4.69) is 27.1 Å². The van der Waals surface area contributed by atoms with Gasteiger partial charge in [0.2, 0.25) is 0 Å². The Bertz CT molecular complexity index is 681. The molecule has 5 nitrogen and oxygen atoms in total. The maximum Gasteiger partial charge on any atom is 0.258 e. The lowest BCUT2D eigenvalue weighted by molar-refractivity contribution is 0.102. The van der Waals surface area contributed by atoms with Crippen LogP contribution in [0.5, 0.6) is 0 Å². The first-order valence-electron chi connectivity index (χ1n) is 7.59. The Hall–Kier alpha value is -2.47. The molecule has 1 aliphatic rings. The van der Waals surface area contributed by atoms with Crippen molar-refractivity contribution in [3.63, 3.8) is 0 Å². The van der Waals surface area contributed by atoms with Crippen molar-refractivity contribution in [3.05, 3.63) is 54.0 Å². The molecule has 0 aliphatic carbocycles. The summed E-state index contributed by atoms with van der Waals surface area (Å²) in [7, 11) is 2.10. The van der Waals surface area contributed by atoms with Crippen LogP contribution < -0.4 is 10.2 Å². The second-order valence-electron chi connectivity index (χ2n) is 5.63. The van der Waals surface area contributed by atoms with Crippen molar-refractivity contribution in [2.75, 3.05) is 43.4 Å². The third kappa shape index (κ3) is 3.65. The fourth-order valence-electron chi connectivity index (χ4n) is 2.53. The van der Waals surface area contributed by atoms with E-state index < -0.39 is 11.7 Å². The first-order valence-corrected chi connectivity index (χ1v) is 7.59. The van der Waals surface area contributed by atoms with Crippen molar-refractivity contribution in [1.29, 1.82) is 0 Å². The molecule has 0 atom stereocenters. The van der Waals surface area contributed by atoms with E-state index in [1.165, 1.54) is 12.1 Å². The van der Waals surface area contributed by atoms with E-state index >= 15 is 0 Å². The van der Waals surface area contributed by atoms with E-state index in [-0.39, 0.29) is 5.56 Å². The van der Waals surface area contributed by atoms with Crippen LogP contribution in [-0.2, 0) is 0 Å². The van der Waals surface area contributed by atoms with Gasteiger partial charge in [0, 0.05) is 26.2 Å². The second kappa shape index (κ2) is 6.75. The molecule has 0 unspecified atom stereocenters. The highest BCUT2D eigenvalue weighted by atomic mass is 19.1. The lowest BCUT2D eigenvalue weighted by Gasteiger charge is -2.33. The lowest BCUT2D eigenvalue weighted by atomic mass is 10.2. The van der Waals surface area contributed by atoms with Gasteiger partial charge in [-0.3, -0.25) is 4.79 Å². The molecule has 1 aliphatic heterocycles. The molecule has 1 saturated heterocycles. The second-order valence-corrected chi connectivity index (χ2v) is 5.63. The van der Waals surface area contributed by atoms with Gasteiger partial charge >= 0.3 is 0 Å². The first kappa shape index (κ1) is 15.4. The van der Waals surface area contributed by atoms with Crippen molar-refractivity contribution < 1.29 is 9.18 Å². The van der Waals surface area contributed by atoms with Gasteiger partial charge in [-0.1, -0.05) is 12.1 Å². The molecule has 1 amide bonds. The van der Waals surface area contributed by atoms with Crippen LogP contribution in [0.4, 0.5) is 15.9 Å². The fourth-order valence-corrected chi connectivity index (χ4v) is 2.53. The molecule has 2 heterocycles. The third-order valence-electron chi connectivity index (χ3n) is 3.95.